The average molecular weight is 246 g/mol. The Kier molecular flexibility index (Phi) is 2.50. The van der Waals surface area contributed by atoms with E-state index in [1.165, 1.54) is 12.8 Å². The molecule has 5 heteroatoms. The predicted octanol–water partition coefficient (Wildman–Crippen LogP) is 2.49. The maximum Gasteiger partial charge on any atom is 0.216 e. The number of oxazole rings is 1. The summed E-state index contributed by atoms with van der Waals surface area (Å²) in [5.74, 6) is 3.17. The zero-order valence-corrected chi connectivity index (χ0v) is 11.1. The van der Waals surface area contributed by atoms with E-state index in [9.17, 15) is 0 Å². The molecule has 0 N–H and O–H groups in total. The lowest BCUT2D eigenvalue weighted by molar-refractivity contribution is 0.430. The van der Waals surface area contributed by atoms with E-state index in [4.69, 9.17) is 4.42 Å². The van der Waals surface area contributed by atoms with Crippen LogP contribution in [-0.4, -0.2) is 19.7 Å². The fourth-order valence-corrected chi connectivity index (χ4v) is 1.81. The Labute approximate surface area is 106 Å². The van der Waals surface area contributed by atoms with Crippen LogP contribution in [0.2, 0.25) is 0 Å². The molecule has 0 atom stereocenters. The summed E-state index contributed by atoms with van der Waals surface area (Å²) in [6.07, 6.45) is 6.04. The van der Waals surface area contributed by atoms with Gasteiger partial charge in [-0.3, -0.25) is 0 Å². The molecule has 1 aliphatic carbocycles. The standard InChI is InChI=1S/C13H18N4O/c1-13(2,3)12-15-8-17(16-12)7-11-14-6-10(18-11)9-4-5-9/h6,8-9H,4-5,7H2,1-3H3. The van der Waals surface area contributed by atoms with Gasteiger partial charge in [0.1, 0.15) is 18.6 Å². The van der Waals surface area contributed by atoms with Crippen molar-refractivity contribution in [2.24, 2.45) is 0 Å². The summed E-state index contributed by atoms with van der Waals surface area (Å²) in [6.45, 7) is 6.85. The first-order valence-electron chi connectivity index (χ1n) is 6.37. The molecule has 1 fully saturated rings. The van der Waals surface area contributed by atoms with Gasteiger partial charge in [-0.25, -0.2) is 14.6 Å². The molecule has 2 aromatic heterocycles. The third kappa shape index (κ3) is 2.30. The van der Waals surface area contributed by atoms with Gasteiger partial charge in [0, 0.05) is 11.3 Å². The first-order chi connectivity index (χ1) is 8.52. The quantitative estimate of drug-likeness (QED) is 0.835. The summed E-state index contributed by atoms with van der Waals surface area (Å²) in [7, 11) is 0. The molecule has 0 unspecified atom stereocenters. The van der Waals surface area contributed by atoms with Crippen molar-refractivity contribution in [3.63, 3.8) is 0 Å². The van der Waals surface area contributed by atoms with Crippen LogP contribution in [0.3, 0.4) is 0 Å². The van der Waals surface area contributed by atoms with Crippen molar-refractivity contribution in [3.05, 3.63) is 30.0 Å². The fourth-order valence-electron chi connectivity index (χ4n) is 1.81. The molecule has 3 rings (SSSR count). The molecule has 1 saturated carbocycles. The molecular weight excluding hydrogens is 228 g/mol. The van der Waals surface area contributed by atoms with E-state index < -0.39 is 0 Å². The largest absolute Gasteiger partial charge is 0.443 e. The van der Waals surface area contributed by atoms with Crippen molar-refractivity contribution < 1.29 is 4.42 Å². The molecule has 0 amide bonds. The van der Waals surface area contributed by atoms with E-state index in [2.05, 4.69) is 35.8 Å². The second-order valence-corrected chi connectivity index (χ2v) is 5.95. The Morgan fingerprint density at radius 1 is 1.33 bits per heavy atom. The summed E-state index contributed by atoms with van der Waals surface area (Å²) in [4.78, 5) is 8.61. The minimum atomic E-state index is -0.0268. The highest BCUT2D eigenvalue weighted by molar-refractivity contribution is 5.08. The van der Waals surface area contributed by atoms with E-state index >= 15 is 0 Å². The molecule has 0 spiro atoms. The van der Waals surface area contributed by atoms with Crippen LogP contribution in [0.25, 0.3) is 0 Å². The summed E-state index contributed by atoms with van der Waals surface area (Å²) in [6, 6.07) is 0. The zero-order chi connectivity index (χ0) is 12.8. The maximum absolute atomic E-state index is 5.71. The second kappa shape index (κ2) is 3.93. The van der Waals surface area contributed by atoms with Gasteiger partial charge in [-0.15, -0.1) is 0 Å². The molecule has 0 aromatic carbocycles. The van der Waals surface area contributed by atoms with Crippen LogP contribution in [0.1, 0.15) is 57.0 Å². The number of aromatic nitrogens is 4. The van der Waals surface area contributed by atoms with Gasteiger partial charge in [0.25, 0.3) is 0 Å². The molecular formula is C13H18N4O. The number of rotatable bonds is 3. The molecule has 0 radical (unpaired) electrons. The van der Waals surface area contributed by atoms with Crippen molar-refractivity contribution >= 4 is 0 Å². The Morgan fingerprint density at radius 2 is 2.11 bits per heavy atom. The number of hydrogen-bond donors (Lipinski definition) is 0. The van der Waals surface area contributed by atoms with Gasteiger partial charge in [0.15, 0.2) is 5.82 Å². The highest BCUT2D eigenvalue weighted by Gasteiger charge is 2.27. The Hall–Kier alpha value is -1.65. The van der Waals surface area contributed by atoms with Gasteiger partial charge in [-0.2, -0.15) is 5.10 Å². The normalized spacial score (nSPS) is 16.2. The van der Waals surface area contributed by atoms with Crippen LogP contribution in [0, 0.1) is 0 Å². The third-order valence-electron chi connectivity index (χ3n) is 3.06. The zero-order valence-electron chi connectivity index (χ0n) is 11.1. The molecule has 2 heterocycles. The van der Waals surface area contributed by atoms with Gasteiger partial charge >= 0.3 is 0 Å². The van der Waals surface area contributed by atoms with Gasteiger partial charge in [0.2, 0.25) is 5.89 Å². The minimum absolute atomic E-state index is 0.0268. The maximum atomic E-state index is 5.71. The number of nitrogens with zero attached hydrogens (tertiary/aromatic N) is 4. The van der Waals surface area contributed by atoms with Crippen LogP contribution >= 0.6 is 0 Å². The first-order valence-corrected chi connectivity index (χ1v) is 6.37. The highest BCUT2D eigenvalue weighted by atomic mass is 16.4. The summed E-state index contributed by atoms with van der Waals surface area (Å²) in [5, 5.41) is 4.45. The SMILES string of the molecule is CC(C)(C)c1ncn(Cc2ncc(C3CC3)o2)n1. The molecule has 96 valence electrons. The average Bonchev–Trinajstić information content (AvgIpc) is 2.85. The molecule has 0 saturated heterocycles. The molecule has 18 heavy (non-hydrogen) atoms. The van der Waals surface area contributed by atoms with Crippen molar-refractivity contribution in [1.82, 2.24) is 19.7 Å². The van der Waals surface area contributed by atoms with Gasteiger partial charge in [-0.1, -0.05) is 20.8 Å². The lowest BCUT2D eigenvalue weighted by atomic mass is 9.96. The van der Waals surface area contributed by atoms with Crippen LogP contribution in [0.5, 0.6) is 0 Å². The lowest BCUT2D eigenvalue weighted by Gasteiger charge is -2.12. The predicted molar refractivity (Wildman–Crippen MR) is 66.3 cm³/mol. The number of hydrogen-bond acceptors (Lipinski definition) is 4. The van der Waals surface area contributed by atoms with Crippen LogP contribution in [0.15, 0.2) is 16.9 Å². The second-order valence-electron chi connectivity index (χ2n) is 5.95. The van der Waals surface area contributed by atoms with E-state index in [0.717, 1.165) is 11.6 Å². The monoisotopic (exact) mass is 246 g/mol. The molecule has 5 nitrogen and oxygen atoms in total. The van der Waals surface area contributed by atoms with Gasteiger partial charge in [-0.05, 0) is 12.8 Å². The van der Waals surface area contributed by atoms with Crippen molar-refractivity contribution in [1.29, 1.82) is 0 Å². The van der Waals surface area contributed by atoms with E-state index in [1.54, 1.807) is 11.0 Å². The molecule has 0 bridgehead atoms. The van der Waals surface area contributed by atoms with E-state index in [1.807, 2.05) is 6.20 Å². The molecule has 0 aliphatic heterocycles. The Morgan fingerprint density at radius 3 is 2.72 bits per heavy atom. The summed E-state index contributed by atoms with van der Waals surface area (Å²) < 4.78 is 7.49. The van der Waals surface area contributed by atoms with Crippen molar-refractivity contribution in [2.45, 2.75) is 51.5 Å². The van der Waals surface area contributed by atoms with Crippen LogP contribution < -0.4 is 0 Å². The van der Waals surface area contributed by atoms with E-state index in [0.29, 0.717) is 18.4 Å². The third-order valence-corrected chi connectivity index (χ3v) is 3.06. The van der Waals surface area contributed by atoms with E-state index in [-0.39, 0.29) is 5.41 Å². The van der Waals surface area contributed by atoms with Crippen LogP contribution in [0.4, 0.5) is 0 Å². The molecule has 2 aromatic rings. The van der Waals surface area contributed by atoms with Crippen molar-refractivity contribution in [2.75, 3.05) is 0 Å². The Bertz CT molecular complexity index is 545. The van der Waals surface area contributed by atoms with Gasteiger partial charge in [0.05, 0.1) is 6.20 Å². The minimum Gasteiger partial charge on any atom is -0.443 e. The summed E-state index contributed by atoms with van der Waals surface area (Å²) >= 11 is 0. The topological polar surface area (TPSA) is 56.7 Å². The fraction of sp³-hybridized carbons (Fsp3) is 0.615. The van der Waals surface area contributed by atoms with Crippen molar-refractivity contribution in [3.8, 4) is 0 Å². The molecule has 1 aliphatic rings. The lowest BCUT2D eigenvalue weighted by Crippen LogP contribution is -2.14. The first kappa shape index (κ1) is 11.4. The summed E-state index contributed by atoms with van der Waals surface area (Å²) in [5.41, 5.74) is -0.0268. The van der Waals surface area contributed by atoms with Crippen LogP contribution in [-0.2, 0) is 12.0 Å². The highest BCUT2D eigenvalue weighted by Crippen LogP contribution is 2.40. The smallest absolute Gasteiger partial charge is 0.216 e. The Balaban J connectivity index is 1.73. The van der Waals surface area contributed by atoms with Gasteiger partial charge < -0.3 is 4.42 Å².